The molecule has 0 fully saturated rings. The highest BCUT2D eigenvalue weighted by Gasteiger charge is 2.00. The van der Waals surface area contributed by atoms with Crippen LogP contribution in [-0.2, 0) is 12.2 Å². The van der Waals surface area contributed by atoms with E-state index in [2.05, 4.69) is 36.4 Å². The largest absolute Gasteiger partial charge is 0.328 e. The molecular formula is C16H18ClNS. The van der Waals surface area contributed by atoms with Crippen LogP contribution < -0.4 is 5.73 Å². The zero-order valence-corrected chi connectivity index (χ0v) is 12.5. The van der Waals surface area contributed by atoms with Crippen LogP contribution in [0.2, 0.25) is 5.02 Å². The van der Waals surface area contributed by atoms with Gasteiger partial charge in [-0.2, -0.15) is 0 Å². The van der Waals surface area contributed by atoms with Gasteiger partial charge in [0.15, 0.2) is 0 Å². The molecule has 2 N–H and O–H groups in total. The SMILES string of the molecule is CC(N)Cc1ccc(SCc2ccc(Cl)cc2)cc1. The van der Waals surface area contributed by atoms with E-state index in [4.69, 9.17) is 17.3 Å². The molecule has 0 bridgehead atoms. The van der Waals surface area contributed by atoms with Crippen molar-refractivity contribution in [1.29, 1.82) is 0 Å². The molecule has 0 saturated carbocycles. The predicted octanol–water partition coefficient (Wildman–Crippen LogP) is 4.52. The summed E-state index contributed by atoms with van der Waals surface area (Å²) < 4.78 is 0. The minimum Gasteiger partial charge on any atom is -0.328 e. The molecule has 1 atom stereocenters. The van der Waals surface area contributed by atoms with Gasteiger partial charge in [-0.15, -0.1) is 11.8 Å². The summed E-state index contributed by atoms with van der Waals surface area (Å²) in [7, 11) is 0. The second kappa shape index (κ2) is 6.99. The number of benzene rings is 2. The molecule has 1 unspecified atom stereocenters. The number of hydrogen-bond donors (Lipinski definition) is 1. The molecule has 1 nitrogen and oxygen atoms in total. The summed E-state index contributed by atoms with van der Waals surface area (Å²) >= 11 is 7.70. The third-order valence-corrected chi connectivity index (χ3v) is 4.13. The summed E-state index contributed by atoms with van der Waals surface area (Å²) in [6.07, 6.45) is 0.933. The second-order valence-electron chi connectivity index (χ2n) is 4.74. The van der Waals surface area contributed by atoms with Crippen molar-refractivity contribution in [3.8, 4) is 0 Å². The van der Waals surface area contributed by atoms with Crippen molar-refractivity contribution in [2.45, 2.75) is 30.0 Å². The van der Waals surface area contributed by atoms with E-state index in [1.165, 1.54) is 16.0 Å². The first-order valence-corrected chi connectivity index (χ1v) is 7.71. The molecule has 0 aliphatic carbocycles. The Kier molecular flexibility index (Phi) is 5.32. The minimum absolute atomic E-state index is 0.215. The molecule has 2 rings (SSSR count). The van der Waals surface area contributed by atoms with Crippen LogP contribution in [0.5, 0.6) is 0 Å². The highest BCUT2D eigenvalue weighted by Crippen LogP contribution is 2.24. The van der Waals surface area contributed by atoms with Crippen LogP contribution in [0.1, 0.15) is 18.1 Å². The Bertz CT molecular complexity index is 505. The molecule has 0 radical (unpaired) electrons. The number of rotatable bonds is 5. The Labute approximate surface area is 124 Å². The number of hydrogen-bond acceptors (Lipinski definition) is 2. The molecule has 19 heavy (non-hydrogen) atoms. The zero-order chi connectivity index (χ0) is 13.7. The van der Waals surface area contributed by atoms with Gasteiger partial charge in [-0.25, -0.2) is 0 Å². The number of thioether (sulfide) groups is 1. The molecule has 0 aliphatic rings. The van der Waals surface area contributed by atoms with Crippen molar-refractivity contribution in [2.24, 2.45) is 5.73 Å². The Morgan fingerprint density at radius 3 is 2.16 bits per heavy atom. The zero-order valence-electron chi connectivity index (χ0n) is 11.0. The first-order chi connectivity index (χ1) is 9.13. The van der Waals surface area contributed by atoms with E-state index in [1.807, 2.05) is 30.8 Å². The maximum absolute atomic E-state index is 5.87. The fourth-order valence-electron chi connectivity index (χ4n) is 1.84. The van der Waals surface area contributed by atoms with Gasteiger partial charge in [-0.1, -0.05) is 35.9 Å². The van der Waals surface area contributed by atoms with E-state index >= 15 is 0 Å². The molecule has 0 aromatic heterocycles. The van der Waals surface area contributed by atoms with E-state index in [9.17, 15) is 0 Å². The minimum atomic E-state index is 0.215. The normalized spacial score (nSPS) is 12.4. The molecule has 0 heterocycles. The average molecular weight is 292 g/mol. The van der Waals surface area contributed by atoms with Gasteiger partial charge >= 0.3 is 0 Å². The summed E-state index contributed by atoms with van der Waals surface area (Å²) in [6, 6.07) is 16.9. The summed E-state index contributed by atoms with van der Waals surface area (Å²) in [5.41, 5.74) is 8.38. The maximum atomic E-state index is 5.87. The van der Waals surface area contributed by atoms with Crippen molar-refractivity contribution in [3.05, 3.63) is 64.7 Å². The Morgan fingerprint density at radius 1 is 1.00 bits per heavy atom. The lowest BCUT2D eigenvalue weighted by molar-refractivity contribution is 0.737. The summed E-state index contributed by atoms with van der Waals surface area (Å²) in [5.74, 6) is 0.962. The monoisotopic (exact) mass is 291 g/mol. The lowest BCUT2D eigenvalue weighted by Gasteiger charge is -2.06. The van der Waals surface area contributed by atoms with Crippen LogP contribution in [-0.4, -0.2) is 6.04 Å². The third kappa shape index (κ3) is 4.90. The van der Waals surface area contributed by atoms with Gasteiger partial charge in [0.1, 0.15) is 0 Å². The van der Waals surface area contributed by atoms with Gasteiger partial charge in [-0.3, -0.25) is 0 Å². The van der Waals surface area contributed by atoms with Crippen LogP contribution in [0.3, 0.4) is 0 Å². The van der Waals surface area contributed by atoms with Gasteiger partial charge in [0, 0.05) is 21.7 Å². The lowest BCUT2D eigenvalue weighted by atomic mass is 10.1. The van der Waals surface area contributed by atoms with Gasteiger partial charge in [-0.05, 0) is 48.7 Å². The molecule has 0 saturated heterocycles. The predicted molar refractivity (Wildman–Crippen MR) is 84.8 cm³/mol. The van der Waals surface area contributed by atoms with E-state index in [0.29, 0.717) is 0 Å². The Hall–Kier alpha value is -0.960. The first kappa shape index (κ1) is 14.4. The van der Waals surface area contributed by atoms with Gasteiger partial charge in [0.25, 0.3) is 0 Å². The van der Waals surface area contributed by atoms with Crippen LogP contribution >= 0.6 is 23.4 Å². The quantitative estimate of drug-likeness (QED) is 0.820. The van der Waals surface area contributed by atoms with Crippen molar-refractivity contribution in [2.75, 3.05) is 0 Å². The fraction of sp³-hybridized carbons (Fsp3) is 0.250. The Morgan fingerprint density at radius 2 is 1.58 bits per heavy atom. The molecule has 0 spiro atoms. The molecule has 0 aliphatic heterocycles. The van der Waals surface area contributed by atoms with Crippen molar-refractivity contribution < 1.29 is 0 Å². The van der Waals surface area contributed by atoms with Crippen LogP contribution in [0.25, 0.3) is 0 Å². The van der Waals surface area contributed by atoms with Crippen LogP contribution in [0, 0.1) is 0 Å². The lowest BCUT2D eigenvalue weighted by Crippen LogP contribution is -2.17. The number of nitrogens with two attached hydrogens (primary N) is 1. The number of halogens is 1. The fourth-order valence-corrected chi connectivity index (χ4v) is 2.82. The highest BCUT2D eigenvalue weighted by molar-refractivity contribution is 7.98. The molecule has 0 amide bonds. The van der Waals surface area contributed by atoms with E-state index in [0.717, 1.165) is 17.2 Å². The Balaban J connectivity index is 1.91. The standard InChI is InChI=1S/C16H18ClNS/c1-12(18)10-13-4-8-16(9-5-13)19-11-14-2-6-15(17)7-3-14/h2-9,12H,10-11,18H2,1H3. The molecular weight excluding hydrogens is 274 g/mol. The van der Waals surface area contributed by atoms with Gasteiger partial charge < -0.3 is 5.73 Å². The van der Waals surface area contributed by atoms with Crippen molar-refractivity contribution in [3.63, 3.8) is 0 Å². The van der Waals surface area contributed by atoms with Crippen molar-refractivity contribution in [1.82, 2.24) is 0 Å². The summed E-state index contributed by atoms with van der Waals surface area (Å²) in [5, 5.41) is 0.786. The summed E-state index contributed by atoms with van der Waals surface area (Å²) in [6.45, 7) is 2.03. The topological polar surface area (TPSA) is 26.0 Å². The second-order valence-corrected chi connectivity index (χ2v) is 6.23. The van der Waals surface area contributed by atoms with Crippen LogP contribution in [0.4, 0.5) is 0 Å². The molecule has 2 aromatic carbocycles. The van der Waals surface area contributed by atoms with Gasteiger partial charge in [0.2, 0.25) is 0 Å². The first-order valence-electron chi connectivity index (χ1n) is 6.35. The average Bonchev–Trinajstić information content (AvgIpc) is 2.39. The van der Waals surface area contributed by atoms with E-state index in [-0.39, 0.29) is 6.04 Å². The van der Waals surface area contributed by atoms with Crippen molar-refractivity contribution >= 4 is 23.4 Å². The van der Waals surface area contributed by atoms with E-state index in [1.54, 1.807) is 0 Å². The molecule has 3 heteroatoms. The smallest absolute Gasteiger partial charge is 0.0406 e. The summed E-state index contributed by atoms with van der Waals surface area (Å²) in [4.78, 5) is 1.28. The molecule has 100 valence electrons. The van der Waals surface area contributed by atoms with Gasteiger partial charge in [0.05, 0.1) is 0 Å². The van der Waals surface area contributed by atoms with E-state index < -0.39 is 0 Å². The third-order valence-electron chi connectivity index (χ3n) is 2.80. The van der Waals surface area contributed by atoms with Crippen LogP contribution in [0.15, 0.2) is 53.4 Å². The maximum Gasteiger partial charge on any atom is 0.0406 e. The highest BCUT2D eigenvalue weighted by atomic mass is 35.5. The molecule has 2 aromatic rings.